The summed E-state index contributed by atoms with van der Waals surface area (Å²) in [5.74, 6) is 0.192. The van der Waals surface area contributed by atoms with Gasteiger partial charge in [0.05, 0.1) is 6.10 Å². The Morgan fingerprint density at radius 2 is 1.69 bits per heavy atom. The van der Waals surface area contributed by atoms with Crippen molar-refractivity contribution in [3.63, 3.8) is 0 Å². The summed E-state index contributed by atoms with van der Waals surface area (Å²) in [6.45, 7) is 4.16. The van der Waals surface area contributed by atoms with Gasteiger partial charge in [-0.1, -0.05) is 26.0 Å². The van der Waals surface area contributed by atoms with Crippen molar-refractivity contribution in [3.05, 3.63) is 35.6 Å². The lowest BCUT2D eigenvalue weighted by Crippen LogP contribution is -2.08. The molecular weight excluding hydrogens is 167 g/mol. The molecule has 13 heavy (non-hydrogen) atoms. The molecule has 0 N–H and O–H groups in total. The molecule has 1 unspecified atom stereocenters. The molecule has 0 aliphatic carbocycles. The average molecular weight is 182 g/mol. The van der Waals surface area contributed by atoms with Crippen LogP contribution in [0.3, 0.4) is 0 Å². The van der Waals surface area contributed by atoms with Gasteiger partial charge in [-0.15, -0.1) is 0 Å². The third-order valence-electron chi connectivity index (χ3n) is 2.06. The number of rotatable bonds is 3. The van der Waals surface area contributed by atoms with Crippen LogP contribution in [-0.2, 0) is 4.74 Å². The van der Waals surface area contributed by atoms with E-state index < -0.39 is 0 Å². The number of halogens is 1. The zero-order valence-electron chi connectivity index (χ0n) is 8.25. The number of ether oxygens (including phenoxy) is 1. The molecule has 1 nitrogen and oxygen atoms in total. The highest BCUT2D eigenvalue weighted by Gasteiger charge is 2.14. The lowest BCUT2D eigenvalue weighted by atomic mass is 9.99. The summed E-state index contributed by atoms with van der Waals surface area (Å²) in [5, 5.41) is 0. The summed E-state index contributed by atoms with van der Waals surface area (Å²) in [5.41, 5.74) is 1.03. The van der Waals surface area contributed by atoms with Crippen LogP contribution in [0.2, 0.25) is 0 Å². The minimum Gasteiger partial charge on any atom is -0.376 e. The minimum absolute atomic E-state index is 0.0561. The largest absolute Gasteiger partial charge is 0.376 e. The van der Waals surface area contributed by atoms with E-state index in [1.165, 1.54) is 12.1 Å². The van der Waals surface area contributed by atoms with Gasteiger partial charge in [-0.3, -0.25) is 0 Å². The van der Waals surface area contributed by atoms with Gasteiger partial charge >= 0.3 is 0 Å². The average Bonchev–Trinajstić information content (AvgIpc) is 2.09. The number of hydrogen-bond acceptors (Lipinski definition) is 1. The number of methoxy groups -OCH3 is 1. The fourth-order valence-corrected chi connectivity index (χ4v) is 1.45. The van der Waals surface area contributed by atoms with E-state index in [-0.39, 0.29) is 11.9 Å². The molecule has 72 valence electrons. The molecule has 0 spiro atoms. The van der Waals surface area contributed by atoms with E-state index in [2.05, 4.69) is 13.8 Å². The topological polar surface area (TPSA) is 9.23 Å². The minimum atomic E-state index is -0.206. The third-order valence-corrected chi connectivity index (χ3v) is 2.06. The van der Waals surface area contributed by atoms with E-state index in [4.69, 9.17) is 4.74 Å². The molecule has 1 rings (SSSR count). The first-order valence-electron chi connectivity index (χ1n) is 4.43. The molecule has 0 fully saturated rings. The fraction of sp³-hybridized carbons (Fsp3) is 0.455. The Hall–Kier alpha value is -0.890. The summed E-state index contributed by atoms with van der Waals surface area (Å²) >= 11 is 0. The Morgan fingerprint density at radius 1 is 1.15 bits per heavy atom. The highest BCUT2D eigenvalue weighted by atomic mass is 19.1. The third kappa shape index (κ3) is 2.52. The van der Waals surface area contributed by atoms with Gasteiger partial charge in [-0.05, 0) is 23.6 Å². The Kier molecular flexibility index (Phi) is 3.43. The van der Waals surface area contributed by atoms with Crippen molar-refractivity contribution in [2.45, 2.75) is 20.0 Å². The normalized spacial score (nSPS) is 13.3. The maximum absolute atomic E-state index is 12.6. The van der Waals surface area contributed by atoms with Crippen molar-refractivity contribution in [2.24, 2.45) is 5.92 Å². The predicted molar refractivity (Wildman–Crippen MR) is 51.0 cm³/mol. The first-order chi connectivity index (χ1) is 6.15. The van der Waals surface area contributed by atoms with E-state index in [1.807, 2.05) is 0 Å². The second-order valence-electron chi connectivity index (χ2n) is 3.45. The van der Waals surface area contributed by atoms with Crippen LogP contribution in [0.25, 0.3) is 0 Å². The van der Waals surface area contributed by atoms with Gasteiger partial charge in [0, 0.05) is 7.11 Å². The molecule has 1 aromatic rings. The number of benzene rings is 1. The molecule has 0 amide bonds. The highest BCUT2D eigenvalue weighted by molar-refractivity contribution is 5.19. The van der Waals surface area contributed by atoms with Crippen molar-refractivity contribution in [3.8, 4) is 0 Å². The van der Waals surface area contributed by atoms with E-state index in [9.17, 15) is 4.39 Å². The van der Waals surface area contributed by atoms with Gasteiger partial charge in [0.25, 0.3) is 0 Å². The van der Waals surface area contributed by atoms with Crippen molar-refractivity contribution in [1.82, 2.24) is 0 Å². The maximum Gasteiger partial charge on any atom is 0.123 e. The molecule has 0 aliphatic heterocycles. The summed E-state index contributed by atoms with van der Waals surface area (Å²) in [4.78, 5) is 0. The highest BCUT2D eigenvalue weighted by Crippen LogP contribution is 2.24. The van der Waals surface area contributed by atoms with Crippen molar-refractivity contribution < 1.29 is 9.13 Å². The van der Waals surface area contributed by atoms with Crippen LogP contribution in [0.15, 0.2) is 24.3 Å². The van der Waals surface area contributed by atoms with Gasteiger partial charge in [-0.2, -0.15) is 0 Å². The van der Waals surface area contributed by atoms with Crippen molar-refractivity contribution >= 4 is 0 Å². The molecule has 0 radical (unpaired) electrons. The monoisotopic (exact) mass is 182 g/mol. The van der Waals surface area contributed by atoms with E-state index in [0.717, 1.165) is 5.56 Å². The Morgan fingerprint density at radius 3 is 2.08 bits per heavy atom. The summed E-state index contributed by atoms with van der Waals surface area (Å²) in [7, 11) is 1.67. The second-order valence-corrected chi connectivity index (χ2v) is 3.45. The van der Waals surface area contributed by atoms with Crippen LogP contribution < -0.4 is 0 Å². The Labute approximate surface area is 78.5 Å². The molecule has 1 aromatic carbocycles. The van der Waals surface area contributed by atoms with Gasteiger partial charge < -0.3 is 4.74 Å². The first-order valence-corrected chi connectivity index (χ1v) is 4.43. The van der Waals surface area contributed by atoms with E-state index in [1.54, 1.807) is 19.2 Å². The van der Waals surface area contributed by atoms with Crippen molar-refractivity contribution in [1.29, 1.82) is 0 Å². The summed E-state index contributed by atoms with van der Waals surface area (Å²) < 4.78 is 17.9. The molecule has 0 aliphatic rings. The maximum atomic E-state index is 12.6. The van der Waals surface area contributed by atoms with Gasteiger partial charge in [0.1, 0.15) is 5.82 Å². The van der Waals surface area contributed by atoms with E-state index in [0.29, 0.717) is 5.92 Å². The van der Waals surface area contributed by atoms with E-state index >= 15 is 0 Å². The molecule has 2 heteroatoms. The molecule has 0 saturated carbocycles. The quantitative estimate of drug-likeness (QED) is 0.697. The Balaban J connectivity index is 2.86. The standard InChI is InChI=1S/C11H15FO/c1-8(2)11(13-3)9-4-6-10(12)7-5-9/h4-8,11H,1-3H3. The first kappa shape index (κ1) is 10.2. The molecule has 0 heterocycles. The van der Waals surface area contributed by atoms with Crippen LogP contribution >= 0.6 is 0 Å². The van der Waals surface area contributed by atoms with Gasteiger partial charge in [0.2, 0.25) is 0 Å². The Bertz CT molecular complexity index is 253. The lowest BCUT2D eigenvalue weighted by molar-refractivity contribution is 0.0646. The zero-order valence-corrected chi connectivity index (χ0v) is 8.25. The lowest BCUT2D eigenvalue weighted by Gasteiger charge is -2.19. The van der Waals surface area contributed by atoms with Crippen molar-refractivity contribution in [2.75, 3.05) is 7.11 Å². The van der Waals surface area contributed by atoms with Gasteiger partial charge in [0.15, 0.2) is 0 Å². The second kappa shape index (κ2) is 4.38. The SMILES string of the molecule is COC(c1ccc(F)cc1)C(C)C. The smallest absolute Gasteiger partial charge is 0.123 e. The van der Waals surface area contributed by atoms with Crippen LogP contribution in [0.4, 0.5) is 4.39 Å². The van der Waals surface area contributed by atoms with Crippen LogP contribution in [-0.4, -0.2) is 7.11 Å². The predicted octanol–water partition coefficient (Wildman–Crippen LogP) is 3.17. The van der Waals surface area contributed by atoms with Gasteiger partial charge in [-0.25, -0.2) is 4.39 Å². The van der Waals surface area contributed by atoms with Crippen LogP contribution in [0.1, 0.15) is 25.5 Å². The molecule has 0 aromatic heterocycles. The zero-order chi connectivity index (χ0) is 9.84. The van der Waals surface area contributed by atoms with Crippen LogP contribution in [0, 0.1) is 11.7 Å². The van der Waals surface area contributed by atoms with Crippen LogP contribution in [0.5, 0.6) is 0 Å². The molecule has 1 atom stereocenters. The summed E-state index contributed by atoms with van der Waals surface area (Å²) in [6.07, 6.45) is 0.0561. The number of hydrogen-bond donors (Lipinski definition) is 0. The fourth-order valence-electron chi connectivity index (χ4n) is 1.45. The molecule has 0 bridgehead atoms. The molecular formula is C11H15FO. The molecule has 0 saturated heterocycles. The summed E-state index contributed by atoms with van der Waals surface area (Å²) in [6, 6.07) is 6.46.